The van der Waals surface area contributed by atoms with Crippen molar-refractivity contribution < 1.29 is 9.53 Å². The summed E-state index contributed by atoms with van der Waals surface area (Å²) >= 11 is 5.98. The molecule has 3 nitrogen and oxygen atoms in total. The van der Waals surface area contributed by atoms with Crippen molar-refractivity contribution in [2.24, 2.45) is 17.8 Å². The molecule has 1 N–H and O–H groups in total. The van der Waals surface area contributed by atoms with Gasteiger partial charge in [-0.05, 0) is 105 Å². The maximum Gasteiger partial charge on any atom is 0.265 e. The molecule has 4 fully saturated rings. The summed E-state index contributed by atoms with van der Waals surface area (Å²) in [5.41, 5.74) is 2.68. The van der Waals surface area contributed by atoms with Crippen LogP contribution in [0.4, 0.5) is 5.69 Å². The first kappa shape index (κ1) is 19.0. The van der Waals surface area contributed by atoms with Gasteiger partial charge < -0.3 is 10.1 Å². The minimum absolute atomic E-state index is 0.160. The van der Waals surface area contributed by atoms with E-state index in [1.165, 1.54) is 44.1 Å². The van der Waals surface area contributed by atoms with Crippen LogP contribution in [0.15, 0.2) is 48.5 Å². The lowest BCUT2D eigenvalue weighted by Crippen LogP contribution is -2.48. The van der Waals surface area contributed by atoms with Crippen LogP contribution in [0.5, 0.6) is 5.75 Å². The Morgan fingerprint density at radius 1 is 1.03 bits per heavy atom. The Morgan fingerprint density at radius 3 is 2.24 bits per heavy atom. The molecule has 152 valence electrons. The Labute approximate surface area is 177 Å². The maximum atomic E-state index is 12.5. The summed E-state index contributed by atoms with van der Waals surface area (Å²) in [5.74, 6) is 3.24. The fraction of sp³-hybridized carbons (Fsp3) is 0.480. The van der Waals surface area contributed by atoms with Gasteiger partial charge in [-0.1, -0.05) is 29.8 Å². The summed E-state index contributed by atoms with van der Waals surface area (Å²) in [6.07, 6.45) is 7.84. The second-order valence-electron chi connectivity index (χ2n) is 9.48. The zero-order valence-electron chi connectivity index (χ0n) is 16.9. The van der Waals surface area contributed by atoms with E-state index >= 15 is 0 Å². The van der Waals surface area contributed by atoms with Crippen LogP contribution in [0.25, 0.3) is 0 Å². The van der Waals surface area contributed by atoms with E-state index in [1.54, 1.807) is 25.1 Å². The van der Waals surface area contributed by atoms with Crippen molar-refractivity contribution in [1.82, 2.24) is 0 Å². The summed E-state index contributed by atoms with van der Waals surface area (Å²) in [5, 5.41) is 3.57. The van der Waals surface area contributed by atoms with Crippen LogP contribution < -0.4 is 10.1 Å². The summed E-state index contributed by atoms with van der Waals surface area (Å²) in [4.78, 5) is 12.5. The second kappa shape index (κ2) is 7.36. The van der Waals surface area contributed by atoms with Gasteiger partial charge in [0.25, 0.3) is 5.91 Å². The van der Waals surface area contributed by atoms with E-state index in [0.717, 1.165) is 23.4 Å². The van der Waals surface area contributed by atoms with Gasteiger partial charge in [0.2, 0.25) is 0 Å². The number of hydrogen-bond acceptors (Lipinski definition) is 2. The molecule has 4 aliphatic carbocycles. The second-order valence-corrected chi connectivity index (χ2v) is 9.92. The van der Waals surface area contributed by atoms with Gasteiger partial charge in [-0.15, -0.1) is 0 Å². The first-order valence-corrected chi connectivity index (χ1v) is 11.2. The van der Waals surface area contributed by atoms with Crippen molar-refractivity contribution in [3.05, 3.63) is 59.1 Å². The highest BCUT2D eigenvalue weighted by Gasteiger charge is 2.51. The van der Waals surface area contributed by atoms with E-state index < -0.39 is 6.10 Å². The number of halogens is 1. The zero-order chi connectivity index (χ0) is 20.0. The molecule has 4 bridgehead atoms. The SMILES string of the molecule is C[C@H](Oc1cccc(Cl)c1)C(=O)Nc1ccc(C23CC4CC(CC(C4)C2)C3)cc1. The van der Waals surface area contributed by atoms with Gasteiger partial charge in [0.15, 0.2) is 6.10 Å². The van der Waals surface area contributed by atoms with E-state index in [4.69, 9.17) is 16.3 Å². The lowest BCUT2D eigenvalue weighted by atomic mass is 9.48. The van der Waals surface area contributed by atoms with Gasteiger partial charge in [0.05, 0.1) is 0 Å². The number of hydrogen-bond donors (Lipinski definition) is 1. The highest BCUT2D eigenvalue weighted by molar-refractivity contribution is 6.30. The number of carbonyl (C=O) groups excluding carboxylic acids is 1. The molecule has 4 heteroatoms. The summed E-state index contributed by atoms with van der Waals surface area (Å²) in [6.45, 7) is 1.75. The molecular weight excluding hydrogens is 382 g/mol. The van der Waals surface area contributed by atoms with Gasteiger partial charge in [-0.25, -0.2) is 0 Å². The summed E-state index contributed by atoms with van der Waals surface area (Å²) < 4.78 is 5.72. The topological polar surface area (TPSA) is 38.3 Å². The number of amides is 1. The van der Waals surface area contributed by atoms with Crippen molar-refractivity contribution >= 4 is 23.2 Å². The molecule has 0 aliphatic heterocycles. The average molecular weight is 410 g/mol. The standard InChI is InChI=1S/C25H28ClNO2/c1-16(29-23-4-2-3-21(26)12-23)24(28)27-22-7-5-20(6-8-22)25-13-17-9-18(14-25)11-19(10-17)15-25/h2-8,12,16-19H,9-11,13-15H2,1H3,(H,27,28)/t16-,17?,18?,19?,25?/m0/s1. The average Bonchev–Trinajstić information content (AvgIpc) is 2.67. The fourth-order valence-corrected chi connectivity index (χ4v) is 6.59. The molecule has 0 radical (unpaired) electrons. The normalized spacial score (nSPS) is 30.8. The van der Waals surface area contributed by atoms with Gasteiger partial charge in [-0.3, -0.25) is 4.79 Å². The Kier molecular flexibility index (Phi) is 4.82. The Bertz CT molecular complexity index is 872. The van der Waals surface area contributed by atoms with Crippen LogP contribution in [0.1, 0.15) is 51.0 Å². The molecule has 0 saturated heterocycles. The minimum Gasteiger partial charge on any atom is -0.481 e. The number of nitrogens with one attached hydrogen (secondary N) is 1. The third kappa shape index (κ3) is 3.77. The minimum atomic E-state index is -0.601. The molecule has 1 amide bonds. The summed E-state index contributed by atoms with van der Waals surface area (Å²) in [7, 11) is 0. The largest absolute Gasteiger partial charge is 0.481 e. The van der Waals surface area contributed by atoms with E-state index in [0.29, 0.717) is 16.2 Å². The molecule has 29 heavy (non-hydrogen) atoms. The Morgan fingerprint density at radius 2 is 1.66 bits per heavy atom. The van der Waals surface area contributed by atoms with Crippen molar-refractivity contribution in [2.75, 3.05) is 5.32 Å². The van der Waals surface area contributed by atoms with Gasteiger partial charge in [0, 0.05) is 10.7 Å². The number of carbonyl (C=O) groups is 1. The van der Waals surface area contributed by atoms with E-state index in [2.05, 4.69) is 29.6 Å². The monoisotopic (exact) mass is 409 g/mol. The fourth-order valence-electron chi connectivity index (χ4n) is 6.41. The van der Waals surface area contributed by atoms with Crippen LogP contribution in [-0.4, -0.2) is 12.0 Å². The molecule has 4 aliphatic rings. The number of benzene rings is 2. The molecule has 0 spiro atoms. The first-order chi connectivity index (χ1) is 14.0. The molecular formula is C25H28ClNO2. The molecule has 2 aromatic carbocycles. The zero-order valence-corrected chi connectivity index (χ0v) is 17.6. The lowest BCUT2D eigenvalue weighted by Gasteiger charge is -2.57. The number of rotatable bonds is 5. The highest BCUT2D eigenvalue weighted by Crippen LogP contribution is 2.60. The summed E-state index contributed by atoms with van der Waals surface area (Å²) in [6, 6.07) is 15.7. The Balaban J connectivity index is 1.24. The van der Waals surface area contributed by atoms with E-state index in [9.17, 15) is 4.79 Å². The predicted molar refractivity (Wildman–Crippen MR) is 116 cm³/mol. The Hall–Kier alpha value is -2.00. The smallest absolute Gasteiger partial charge is 0.265 e. The van der Waals surface area contributed by atoms with Gasteiger partial charge >= 0.3 is 0 Å². The van der Waals surface area contributed by atoms with Crippen molar-refractivity contribution in [2.45, 2.75) is 57.0 Å². The maximum absolute atomic E-state index is 12.5. The number of ether oxygens (including phenoxy) is 1. The predicted octanol–water partition coefficient (Wildman–Crippen LogP) is 6.21. The van der Waals surface area contributed by atoms with Crippen LogP contribution in [-0.2, 0) is 10.2 Å². The van der Waals surface area contributed by atoms with Crippen LogP contribution in [0.2, 0.25) is 5.02 Å². The molecule has 1 atom stereocenters. The molecule has 0 heterocycles. The van der Waals surface area contributed by atoms with Gasteiger partial charge in [0.1, 0.15) is 5.75 Å². The third-order valence-electron chi connectivity index (χ3n) is 7.28. The van der Waals surface area contributed by atoms with Crippen LogP contribution in [0.3, 0.4) is 0 Å². The number of anilines is 1. The molecule has 4 saturated carbocycles. The van der Waals surface area contributed by atoms with E-state index in [-0.39, 0.29) is 5.91 Å². The first-order valence-electron chi connectivity index (χ1n) is 10.8. The quantitative estimate of drug-likeness (QED) is 0.637. The lowest BCUT2D eigenvalue weighted by molar-refractivity contribution is -0.122. The van der Waals surface area contributed by atoms with Gasteiger partial charge in [-0.2, -0.15) is 0 Å². The molecule has 0 aromatic heterocycles. The van der Waals surface area contributed by atoms with Crippen molar-refractivity contribution in [3.63, 3.8) is 0 Å². The highest BCUT2D eigenvalue weighted by atomic mass is 35.5. The third-order valence-corrected chi connectivity index (χ3v) is 7.52. The van der Waals surface area contributed by atoms with Crippen molar-refractivity contribution in [1.29, 1.82) is 0 Å². The molecule has 0 unspecified atom stereocenters. The van der Waals surface area contributed by atoms with E-state index in [1.807, 2.05) is 6.07 Å². The molecule has 2 aromatic rings. The van der Waals surface area contributed by atoms with Crippen LogP contribution in [0, 0.1) is 17.8 Å². The van der Waals surface area contributed by atoms with Crippen molar-refractivity contribution in [3.8, 4) is 5.75 Å². The molecule has 6 rings (SSSR count). The van der Waals surface area contributed by atoms with Crippen LogP contribution >= 0.6 is 11.6 Å².